The predicted molar refractivity (Wildman–Crippen MR) is 56.2 cm³/mol. The van der Waals surface area contributed by atoms with Crippen molar-refractivity contribution in [2.75, 3.05) is 0 Å². The van der Waals surface area contributed by atoms with Gasteiger partial charge in [-0.3, -0.25) is 0 Å². The van der Waals surface area contributed by atoms with E-state index in [-0.39, 0.29) is 12.4 Å². The lowest BCUT2D eigenvalue weighted by molar-refractivity contribution is 0.322. The molecule has 4 nitrogen and oxygen atoms in total. The van der Waals surface area contributed by atoms with Gasteiger partial charge < -0.3 is 5.21 Å². The largest absolute Gasteiger partial charge is 0.411 e. The molecule has 1 aromatic heterocycles. The standard InChI is InChI=1S/C9H7N3O.ClH/c13-11-6-7-5-10-12-9-4-2-1-3-8(7)9;/h1-6,13H;1H/b11-6+;. The maximum atomic E-state index is 8.40. The predicted octanol–water partition coefficient (Wildman–Crippen LogP) is 1.86. The van der Waals surface area contributed by atoms with Gasteiger partial charge in [0, 0.05) is 10.9 Å². The minimum absolute atomic E-state index is 0. The smallest absolute Gasteiger partial charge is 0.0936 e. The first kappa shape index (κ1) is 10.4. The molecule has 14 heavy (non-hydrogen) atoms. The number of rotatable bonds is 1. The Morgan fingerprint density at radius 2 is 2.07 bits per heavy atom. The van der Waals surface area contributed by atoms with Crippen LogP contribution in [-0.2, 0) is 0 Å². The fourth-order valence-electron chi connectivity index (χ4n) is 1.19. The second-order valence-electron chi connectivity index (χ2n) is 2.56. The summed E-state index contributed by atoms with van der Waals surface area (Å²) < 4.78 is 0. The molecule has 0 aliphatic rings. The molecule has 2 rings (SSSR count). The van der Waals surface area contributed by atoms with Crippen LogP contribution in [0.2, 0.25) is 0 Å². The highest BCUT2D eigenvalue weighted by atomic mass is 35.5. The molecule has 0 bridgehead atoms. The van der Waals surface area contributed by atoms with E-state index in [9.17, 15) is 0 Å². The third kappa shape index (κ3) is 1.80. The zero-order valence-corrected chi connectivity index (χ0v) is 7.98. The number of benzene rings is 1. The average molecular weight is 210 g/mol. The molecule has 0 fully saturated rings. The van der Waals surface area contributed by atoms with Gasteiger partial charge in [0.2, 0.25) is 0 Å². The van der Waals surface area contributed by atoms with Gasteiger partial charge in [0.1, 0.15) is 0 Å². The molecule has 0 saturated carbocycles. The van der Waals surface area contributed by atoms with Gasteiger partial charge in [-0.15, -0.1) is 12.4 Å². The Hall–Kier alpha value is -1.68. The third-order valence-corrected chi connectivity index (χ3v) is 1.77. The number of hydrogen-bond acceptors (Lipinski definition) is 4. The second-order valence-corrected chi connectivity index (χ2v) is 2.56. The number of hydrogen-bond donors (Lipinski definition) is 1. The van der Waals surface area contributed by atoms with Gasteiger partial charge >= 0.3 is 0 Å². The maximum Gasteiger partial charge on any atom is 0.0936 e. The third-order valence-electron chi connectivity index (χ3n) is 1.77. The van der Waals surface area contributed by atoms with Crippen LogP contribution in [0, 0.1) is 0 Å². The summed E-state index contributed by atoms with van der Waals surface area (Å²) in [5.41, 5.74) is 1.55. The van der Waals surface area contributed by atoms with Crippen LogP contribution in [-0.4, -0.2) is 21.6 Å². The van der Waals surface area contributed by atoms with Gasteiger partial charge in [-0.05, 0) is 6.07 Å². The lowest BCUT2D eigenvalue weighted by Gasteiger charge is -1.97. The summed E-state index contributed by atoms with van der Waals surface area (Å²) in [6, 6.07) is 7.55. The van der Waals surface area contributed by atoms with Gasteiger partial charge in [-0.1, -0.05) is 23.4 Å². The van der Waals surface area contributed by atoms with Crippen molar-refractivity contribution in [3.05, 3.63) is 36.0 Å². The molecule has 0 amide bonds. The van der Waals surface area contributed by atoms with Crippen molar-refractivity contribution in [2.45, 2.75) is 0 Å². The topological polar surface area (TPSA) is 58.4 Å². The van der Waals surface area contributed by atoms with E-state index in [1.807, 2.05) is 24.3 Å². The number of halogens is 1. The number of nitrogens with zero attached hydrogens (tertiary/aromatic N) is 3. The zero-order chi connectivity index (χ0) is 9.10. The Morgan fingerprint density at radius 1 is 1.29 bits per heavy atom. The molecule has 0 aliphatic heterocycles. The first-order valence-corrected chi connectivity index (χ1v) is 3.79. The Morgan fingerprint density at radius 3 is 2.86 bits per heavy atom. The number of aromatic nitrogens is 2. The fraction of sp³-hybridized carbons (Fsp3) is 0. The molecule has 2 aromatic rings. The van der Waals surface area contributed by atoms with Crippen LogP contribution in [0.3, 0.4) is 0 Å². The molecule has 72 valence electrons. The van der Waals surface area contributed by atoms with Crippen molar-refractivity contribution in [3.63, 3.8) is 0 Å². The highest BCUT2D eigenvalue weighted by Crippen LogP contribution is 2.12. The minimum Gasteiger partial charge on any atom is -0.411 e. The highest BCUT2D eigenvalue weighted by molar-refractivity contribution is 5.97. The van der Waals surface area contributed by atoms with E-state index in [4.69, 9.17) is 5.21 Å². The molecule has 0 aliphatic carbocycles. The quantitative estimate of drug-likeness (QED) is 0.443. The van der Waals surface area contributed by atoms with Crippen LogP contribution in [0.5, 0.6) is 0 Å². The van der Waals surface area contributed by atoms with Gasteiger partial charge in [0.15, 0.2) is 0 Å². The van der Waals surface area contributed by atoms with Crippen LogP contribution in [0.15, 0.2) is 35.6 Å². The molecule has 0 saturated heterocycles. The molecular formula is C9H8ClN3O. The van der Waals surface area contributed by atoms with Crippen molar-refractivity contribution in [3.8, 4) is 0 Å². The van der Waals surface area contributed by atoms with Gasteiger partial charge in [0.25, 0.3) is 0 Å². The SMILES string of the molecule is Cl.O/N=C/c1cnnc2ccccc12. The van der Waals surface area contributed by atoms with Crippen LogP contribution < -0.4 is 0 Å². The Labute approximate surface area is 86.7 Å². The molecule has 1 aromatic carbocycles. The molecule has 0 radical (unpaired) electrons. The number of fused-ring (bicyclic) bond motifs is 1. The minimum atomic E-state index is 0. The van der Waals surface area contributed by atoms with E-state index in [0.29, 0.717) is 0 Å². The summed E-state index contributed by atoms with van der Waals surface area (Å²) in [4.78, 5) is 0. The van der Waals surface area contributed by atoms with Crippen LogP contribution in [0.25, 0.3) is 10.9 Å². The zero-order valence-electron chi connectivity index (χ0n) is 7.16. The summed E-state index contributed by atoms with van der Waals surface area (Å²) in [6.45, 7) is 0. The molecule has 0 unspecified atom stereocenters. The van der Waals surface area contributed by atoms with Gasteiger partial charge in [0.05, 0.1) is 17.9 Å². The summed E-state index contributed by atoms with van der Waals surface area (Å²) >= 11 is 0. The first-order chi connectivity index (χ1) is 6.42. The summed E-state index contributed by atoms with van der Waals surface area (Å²) in [5.74, 6) is 0. The highest BCUT2D eigenvalue weighted by Gasteiger charge is 1.98. The van der Waals surface area contributed by atoms with Crippen molar-refractivity contribution < 1.29 is 5.21 Å². The van der Waals surface area contributed by atoms with E-state index in [2.05, 4.69) is 15.4 Å². The molecule has 5 heteroatoms. The van der Waals surface area contributed by atoms with Crippen LogP contribution in [0.1, 0.15) is 5.56 Å². The van der Waals surface area contributed by atoms with Crippen molar-refractivity contribution in [1.29, 1.82) is 0 Å². The fourth-order valence-corrected chi connectivity index (χ4v) is 1.19. The van der Waals surface area contributed by atoms with Crippen molar-refractivity contribution >= 4 is 29.5 Å². The monoisotopic (exact) mass is 209 g/mol. The lowest BCUT2D eigenvalue weighted by atomic mass is 10.1. The molecule has 0 spiro atoms. The van der Waals surface area contributed by atoms with Gasteiger partial charge in [-0.25, -0.2) is 0 Å². The van der Waals surface area contributed by atoms with E-state index >= 15 is 0 Å². The molecule has 1 N–H and O–H groups in total. The van der Waals surface area contributed by atoms with E-state index in [1.54, 1.807) is 6.20 Å². The van der Waals surface area contributed by atoms with Gasteiger partial charge in [-0.2, -0.15) is 10.2 Å². The summed E-state index contributed by atoms with van der Waals surface area (Å²) in [5, 5.41) is 20.0. The average Bonchev–Trinajstić information content (AvgIpc) is 2.19. The van der Waals surface area contributed by atoms with Crippen LogP contribution in [0.4, 0.5) is 0 Å². The molecule has 0 atom stereocenters. The lowest BCUT2D eigenvalue weighted by Crippen LogP contribution is -1.89. The normalized spacial score (nSPS) is 10.3. The van der Waals surface area contributed by atoms with E-state index in [1.165, 1.54) is 6.21 Å². The first-order valence-electron chi connectivity index (χ1n) is 3.79. The van der Waals surface area contributed by atoms with Crippen molar-refractivity contribution in [2.24, 2.45) is 5.16 Å². The summed E-state index contributed by atoms with van der Waals surface area (Å²) in [7, 11) is 0. The maximum absolute atomic E-state index is 8.40. The van der Waals surface area contributed by atoms with E-state index in [0.717, 1.165) is 16.5 Å². The summed E-state index contributed by atoms with van der Waals surface area (Å²) in [6.07, 6.45) is 2.90. The van der Waals surface area contributed by atoms with Crippen molar-refractivity contribution in [1.82, 2.24) is 10.2 Å². The Kier molecular flexibility index (Phi) is 3.36. The molecular weight excluding hydrogens is 202 g/mol. The molecule has 1 heterocycles. The Bertz CT molecular complexity index is 453. The Balaban J connectivity index is 0.000000980. The second kappa shape index (κ2) is 4.53. The number of oxime groups is 1. The van der Waals surface area contributed by atoms with Crippen LogP contribution >= 0.6 is 12.4 Å². The van der Waals surface area contributed by atoms with E-state index < -0.39 is 0 Å².